The van der Waals surface area contributed by atoms with E-state index in [-0.39, 0.29) is 17.4 Å². The first-order valence-electron chi connectivity index (χ1n) is 10.2. The van der Waals surface area contributed by atoms with Crippen LogP contribution in [0.1, 0.15) is 65.0 Å². The molecule has 1 aromatic rings. The summed E-state index contributed by atoms with van der Waals surface area (Å²) in [6.07, 6.45) is 4.52. The van der Waals surface area contributed by atoms with Gasteiger partial charge in [0, 0.05) is 18.8 Å². The number of nitrogens with one attached hydrogen (secondary N) is 1. The number of carbonyl (C=O) groups excluding carboxylic acids is 2. The molecule has 0 unspecified atom stereocenters. The van der Waals surface area contributed by atoms with Gasteiger partial charge < -0.3 is 15.0 Å². The second-order valence-electron chi connectivity index (χ2n) is 8.20. The molecule has 0 atom stereocenters. The number of hydrogen-bond donors (Lipinski definition) is 2. The van der Waals surface area contributed by atoms with Crippen LogP contribution in [0, 0.1) is 0 Å². The van der Waals surface area contributed by atoms with Gasteiger partial charge in [-0.3, -0.25) is 4.79 Å². The second-order valence-corrected chi connectivity index (χ2v) is 8.20. The maximum absolute atomic E-state index is 12.2. The topological polar surface area (TPSA) is 58.6 Å². The highest BCUT2D eigenvalue weighted by Crippen LogP contribution is 2.55. The van der Waals surface area contributed by atoms with E-state index in [0.717, 1.165) is 36.1 Å². The van der Waals surface area contributed by atoms with Crippen molar-refractivity contribution < 1.29 is 14.3 Å². The summed E-state index contributed by atoms with van der Waals surface area (Å²) in [5, 5.41) is 3.00. The number of carbonyl (C=O) groups is 2. The zero-order chi connectivity index (χ0) is 21.8. The Kier molecular flexibility index (Phi) is 7.49. The molecule has 29 heavy (non-hydrogen) atoms. The summed E-state index contributed by atoms with van der Waals surface area (Å²) in [7, 11) is 4.19. The summed E-state index contributed by atoms with van der Waals surface area (Å²) >= 11 is 3.03. The minimum atomic E-state index is -0.473. The Hall–Kier alpha value is -1.89. The van der Waals surface area contributed by atoms with E-state index >= 15 is 0 Å². The Morgan fingerprint density at radius 1 is 1.24 bits per heavy atom. The van der Waals surface area contributed by atoms with Crippen LogP contribution >= 0.6 is 12.5 Å². The minimum absolute atomic E-state index is 0.147. The average Bonchev–Trinajstić information content (AvgIpc) is 3.47. The molecule has 0 aromatic heterocycles. The highest BCUT2D eigenvalue weighted by atomic mass is 32.1. The van der Waals surface area contributed by atoms with E-state index in [1.54, 1.807) is 4.90 Å². The van der Waals surface area contributed by atoms with Crippen molar-refractivity contribution in [1.82, 2.24) is 4.90 Å². The smallest absolute Gasteiger partial charge is 0.410 e. The first kappa shape index (κ1) is 23.4. The van der Waals surface area contributed by atoms with E-state index in [2.05, 4.69) is 43.1 Å². The maximum atomic E-state index is 12.2. The van der Waals surface area contributed by atoms with Gasteiger partial charge in [0.25, 0.3) is 0 Å². The number of hydrogen-bond acceptors (Lipinski definition) is 4. The number of fused-ring (bicyclic) bond motifs is 2. The lowest BCUT2D eigenvalue weighted by molar-refractivity contribution is -0.117. The van der Waals surface area contributed by atoms with E-state index in [1.165, 1.54) is 5.57 Å². The van der Waals surface area contributed by atoms with Crippen LogP contribution in [0.3, 0.4) is 0 Å². The molecule has 2 radical (unpaired) electrons. The van der Waals surface area contributed by atoms with Crippen molar-refractivity contribution in [2.75, 3.05) is 18.4 Å². The molecule has 2 aliphatic heterocycles. The van der Waals surface area contributed by atoms with E-state index in [4.69, 9.17) is 4.74 Å². The first-order valence-corrected chi connectivity index (χ1v) is 10.7. The summed E-state index contributed by atoms with van der Waals surface area (Å²) in [6, 6.07) is 6.24. The molecular formula is C22H31BN2O3S. The molecule has 0 saturated heterocycles. The lowest BCUT2D eigenvalue weighted by Crippen LogP contribution is -2.39. The normalized spacial score (nSPS) is 18.3. The van der Waals surface area contributed by atoms with Crippen molar-refractivity contribution in [3.8, 4) is 0 Å². The van der Waals surface area contributed by atoms with Crippen LogP contribution < -0.4 is 5.32 Å². The number of anilines is 1. The van der Waals surface area contributed by atoms with Crippen molar-refractivity contribution in [2.45, 2.75) is 64.9 Å². The number of nitrogens with zero attached hydrogens (tertiary/aromatic N) is 1. The number of thiol groups is 1. The lowest BCUT2D eigenvalue weighted by Gasteiger charge is -2.29. The molecule has 2 heterocycles. The van der Waals surface area contributed by atoms with Crippen LogP contribution in [0.4, 0.5) is 10.5 Å². The third-order valence-electron chi connectivity index (χ3n) is 5.20. The Bertz CT molecular complexity index is 798. The lowest BCUT2D eigenvalue weighted by atomic mass is 9.92. The summed E-state index contributed by atoms with van der Waals surface area (Å²) in [4.78, 5) is 26.1. The molecule has 1 fully saturated rings. The van der Waals surface area contributed by atoms with Crippen molar-refractivity contribution in [3.63, 3.8) is 0 Å². The number of ether oxygens (including phenoxy) is 1. The fourth-order valence-corrected chi connectivity index (χ4v) is 3.66. The van der Waals surface area contributed by atoms with Crippen molar-refractivity contribution in [1.29, 1.82) is 0 Å². The third kappa shape index (κ3) is 5.00. The van der Waals surface area contributed by atoms with Gasteiger partial charge >= 0.3 is 6.09 Å². The summed E-state index contributed by atoms with van der Waals surface area (Å²) in [5.41, 5.74) is 3.76. The quantitative estimate of drug-likeness (QED) is 0.517. The molecule has 1 saturated carbocycles. The van der Waals surface area contributed by atoms with Gasteiger partial charge in [0.05, 0.1) is 5.41 Å². The van der Waals surface area contributed by atoms with Gasteiger partial charge in [0.15, 0.2) is 7.12 Å². The highest BCUT2D eigenvalue weighted by molar-refractivity contribution is 8.03. The second kappa shape index (κ2) is 9.29. The molecule has 1 spiro atoms. The van der Waals surface area contributed by atoms with Gasteiger partial charge in [-0.15, -0.1) is 0 Å². The zero-order valence-corrected chi connectivity index (χ0v) is 18.9. The van der Waals surface area contributed by atoms with Crippen LogP contribution in [0.25, 0.3) is 5.57 Å². The van der Waals surface area contributed by atoms with Crippen LogP contribution in [0.2, 0.25) is 0 Å². The highest BCUT2D eigenvalue weighted by Gasteiger charge is 2.56. The van der Waals surface area contributed by atoms with Crippen LogP contribution in [0.5, 0.6) is 0 Å². The monoisotopic (exact) mass is 414 g/mol. The van der Waals surface area contributed by atoms with Gasteiger partial charge in [0.1, 0.15) is 5.60 Å². The Morgan fingerprint density at radius 2 is 1.90 bits per heavy atom. The van der Waals surface area contributed by atoms with Crippen molar-refractivity contribution >= 4 is 42.9 Å². The predicted octanol–water partition coefficient (Wildman–Crippen LogP) is 4.72. The van der Waals surface area contributed by atoms with Gasteiger partial charge in [-0.25, -0.2) is 17.3 Å². The fourth-order valence-electron chi connectivity index (χ4n) is 3.66. The van der Waals surface area contributed by atoms with Gasteiger partial charge in [0.2, 0.25) is 5.91 Å². The van der Waals surface area contributed by atoms with Crippen LogP contribution in [0.15, 0.2) is 24.3 Å². The number of benzene rings is 1. The van der Waals surface area contributed by atoms with Crippen LogP contribution in [-0.2, 0) is 14.9 Å². The molecule has 1 aromatic carbocycles. The third-order valence-corrected chi connectivity index (χ3v) is 5.20. The average molecular weight is 414 g/mol. The van der Waals surface area contributed by atoms with Crippen molar-refractivity contribution in [3.05, 3.63) is 35.4 Å². The molecule has 1 N–H and O–H groups in total. The SMILES string of the molecule is CC.CC(C)(C)OC(=O)N1CC=C(c2ccc3c(c2)C2(CC2)C(=O)N3)CC1.[B]S. The largest absolute Gasteiger partial charge is 0.444 e. The first-order chi connectivity index (χ1) is 13.8. The van der Waals surface area contributed by atoms with Crippen molar-refractivity contribution in [2.24, 2.45) is 0 Å². The van der Waals surface area contributed by atoms with Gasteiger partial charge in [-0.1, -0.05) is 26.0 Å². The molecule has 5 nitrogen and oxygen atoms in total. The molecule has 1 aliphatic carbocycles. The molecule has 2 amide bonds. The van der Waals surface area contributed by atoms with Gasteiger partial charge in [-0.05, 0) is 68.9 Å². The minimum Gasteiger partial charge on any atom is -0.444 e. The summed E-state index contributed by atoms with van der Waals surface area (Å²) < 4.78 is 5.44. The summed E-state index contributed by atoms with van der Waals surface area (Å²) in [6.45, 7) is 10.8. The molecular weight excluding hydrogens is 383 g/mol. The number of amides is 2. The number of rotatable bonds is 1. The van der Waals surface area contributed by atoms with Crippen LogP contribution in [-0.4, -0.2) is 42.7 Å². The molecule has 156 valence electrons. The molecule has 4 rings (SSSR count). The Balaban J connectivity index is 0.000000707. The Labute approximate surface area is 181 Å². The maximum Gasteiger partial charge on any atom is 0.410 e. The standard InChI is InChI=1S/C20H24N2O3.C2H6.BHS/c1-19(2,3)25-18(24)22-10-6-13(7-11-22)14-4-5-16-15(12-14)20(8-9-20)17(23)21-16;2*1-2/h4-6,12H,7-11H2,1-3H3,(H,21,23);1-2H3;2H. The van der Waals surface area contributed by atoms with E-state index in [0.29, 0.717) is 13.1 Å². The predicted molar refractivity (Wildman–Crippen MR) is 122 cm³/mol. The summed E-state index contributed by atoms with van der Waals surface area (Å²) in [5.74, 6) is 0.147. The molecule has 0 bridgehead atoms. The van der Waals surface area contributed by atoms with E-state index in [9.17, 15) is 9.59 Å². The van der Waals surface area contributed by atoms with E-state index < -0.39 is 5.60 Å². The fraction of sp³-hybridized carbons (Fsp3) is 0.545. The van der Waals surface area contributed by atoms with Gasteiger partial charge in [-0.2, -0.15) is 0 Å². The molecule has 7 heteroatoms. The molecule has 3 aliphatic rings. The zero-order valence-electron chi connectivity index (χ0n) is 18.0. The van der Waals surface area contributed by atoms with E-state index in [1.807, 2.05) is 40.7 Å². The Morgan fingerprint density at radius 3 is 2.41 bits per heavy atom.